The third-order valence-corrected chi connectivity index (χ3v) is 1.46. The molecule has 0 rings (SSSR count). The molecule has 0 spiro atoms. The maximum absolute atomic E-state index is 11.2. The van der Waals surface area contributed by atoms with Gasteiger partial charge in [0, 0.05) is 12.3 Å². The summed E-state index contributed by atoms with van der Waals surface area (Å²) >= 11 is 0. The van der Waals surface area contributed by atoms with E-state index in [2.05, 4.69) is 0 Å². The lowest BCUT2D eigenvalue weighted by Crippen LogP contribution is -2.21. The third kappa shape index (κ3) is 3.97. The first kappa shape index (κ1) is 11.0. The van der Waals surface area contributed by atoms with Gasteiger partial charge < -0.3 is 5.21 Å². The molecule has 0 saturated heterocycles. The molecule has 0 aromatic heterocycles. The van der Waals surface area contributed by atoms with Gasteiger partial charge >= 0.3 is 0 Å². The van der Waals surface area contributed by atoms with Gasteiger partial charge in [-0.2, -0.15) is 10.0 Å². The Balaban J connectivity index is 4.22. The van der Waals surface area contributed by atoms with E-state index in [0.717, 1.165) is 11.2 Å². The van der Waals surface area contributed by atoms with Gasteiger partial charge in [0.1, 0.15) is 6.07 Å². The van der Waals surface area contributed by atoms with Gasteiger partial charge in [-0.05, 0) is 6.42 Å². The largest absolute Gasteiger partial charge is 0.623 e. The zero-order valence-corrected chi connectivity index (χ0v) is 7.95. The van der Waals surface area contributed by atoms with Crippen LogP contribution < -0.4 is 0 Å². The van der Waals surface area contributed by atoms with Crippen LogP contribution in [0, 0.1) is 22.5 Å². The van der Waals surface area contributed by atoms with Crippen molar-refractivity contribution < 1.29 is 4.74 Å². The van der Waals surface area contributed by atoms with Crippen LogP contribution in [0.4, 0.5) is 0 Å². The molecule has 0 heterocycles. The number of hydrogen-bond donors (Lipinski definition) is 0. The summed E-state index contributed by atoms with van der Waals surface area (Å²) in [7, 11) is 0. The van der Waals surface area contributed by atoms with Crippen LogP contribution in [-0.4, -0.2) is 17.0 Å². The van der Waals surface area contributed by atoms with E-state index in [9.17, 15) is 5.21 Å². The second-order valence-corrected chi connectivity index (χ2v) is 3.19. The second-order valence-electron chi connectivity index (χ2n) is 3.19. The quantitative estimate of drug-likeness (QED) is 0.278. The number of hydrogen-bond acceptors (Lipinski definition) is 2. The van der Waals surface area contributed by atoms with Gasteiger partial charge in [0.2, 0.25) is 6.04 Å². The molecule has 0 aliphatic heterocycles. The van der Waals surface area contributed by atoms with Crippen LogP contribution >= 0.6 is 0 Å². The fraction of sp³-hybridized carbons (Fsp3) is 0.778. The van der Waals surface area contributed by atoms with Gasteiger partial charge in [-0.25, -0.2) is 0 Å². The average Bonchev–Trinajstić information content (AvgIpc) is 1.98. The summed E-state index contributed by atoms with van der Waals surface area (Å²) in [5.74, 6) is 0.204. The van der Waals surface area contributed by atoms with Crippen molar-refractivity contribution in [3.8, 4) is 6.07 Å². The molecule has 3 heteroatoms. The van der Waals surface area contributed by atoms with Crippen molar-refractivity contribution in [2.24, 2.45) is 5.92 Å². The molecule has 0 fully saturated rings. The van der Waals surface area contributed by atoms with Gasteiger partial charge in [0.05, 0.1) is 0 Å². The maximum atomic E-state index is 11.2. The first-order valence-electron chi connectivity index (χ1n) is 4.31. The Bertz CT molecular complexity index is 191. The minimum atomic E-state index is -0.502. The van der Waals surface area contributed by atoms with Crippen LogP contribution in [0.5, 0.6) is 0 Å². The highest BCUT2D eigenvalue weighted by Gasteiger charge is 2.13. The first-order chi connectivity index (χ1) is 5.61. The lowest BCUT2D eigenvalue weighted by molar-refractivity contribution is -0.483. The molecule has 1 unspecified atom stereocenters. The van der Waals surface area contributed by atoms with E-state index < -0.39 is 6.04 Å². The molecule has 3 nitrogen and oxygen atoms in total. The zero-order chi connectivity index (χ0) is 9.56. The molecule has 0 aromatic carbocycles. The molecule has 68 valence electrons. The van der Waals surface area contributed by atoms with E-state index in [1.807, 2.05) is 26.8 Å². The highest BCUT2D eigenvalue weighted by Crippen LogP contribution is 2.00. The Hall–Kier alpha value is -1.04. The molecular weight excluding hydrogens is 152 g/mol. The molecular formula is C9H16N2O. The van der Waals surface area contributed by atoms with Gasteiger partial charge in [-0.1, -0.05) is 20.8 Å². The highest BCUT2D eigenvalue weighted by molar-refractivity contribution is 5.54. The van der Waals surface area contributed by atoms with E-state index in [1.165, 1.54) is 0 Å². The Morgan fingerprint density at radius 1 is 1.58 bits per heavy atom. The van der Waals surface area contributed by atoms with E-state index in [-0.39, 0.29) is 5.92 Å². The van der Waals surface area contributed by atoms with Crippen molar-refractivity contribution in [1.82, 2.24) is 0 Å². The standard InChI is InChI=1S/C9H16N2O/c1-4-5-9(6-10)11(12)7-8(2)3/h7-9H,4-5H2,1-3H3/b11-7-. The van der Waals surface area contributed by atoms with Crippen molar-refractivity contribution in [2.45, 2.75) is 39.7 Å². The molecule has 0 saturated carbocycles. The molecule has 1 atom stereocenters. The van der Waals surface area contributed by atoms with Crippen molar-refractivity contribution >= 4 is 6.21 Å². The fourth-order valence-electron chi connectivity index (χ4n) is 0.920. The summed E-state index contributed by atoms with van der Waals surface area (Å²) in [4.78, 5) is 0. The van der Waals surface area contributed by atoms with Gasteiger partial charge in [0.25, 0.3) is 0 Å². The Morgan fingerprint density at radius 2 is 2.17 bits per heavy atom. The molecule has 12 heavy (non-hydrogen) atoms. The van der Waals surface area contributed by atoms with Crippen LogP contribution in [0.3, 0.4) is 0 Å². The van der Waals surface area contributed by atoms with Crippen molar-refractivity contribution in [2.75, 3.05) is 0 Å². The summed E-state index contributed by atoms with van der Waals surface area (Å²) in [5, 5.41) is 19.8. The minimum Gasteiger partial charge on any atom is -0.623 e. The zero-order valence-electron chi connectivity index (χ0n) is 7.95. The average molecular weight is 168 g/mol. The van der Waals surface area contributed by atoms with Crippen molar-refractivity contribution in [3.63, 3.8) is 0 Å². The van der Waals surface area contributed by atoms with E-state index in [4.69, 9.17) is 5.26 Å². The summed E-state index contributed by atoms with van der Waals surface area (Å²) in [6, 6.07) is 1.49. The number of hydroxylamine groups is 1. The molecule has 0 aromatic rings. The smallest absolute Gasteiger partial charge is 0.247 e. The normalized spacial score (nSPS) is 14.4. The van der Waals surface area contributed by atoms with Crippen LogP contribution in [-0.2, 0) is 0 Å². The van der Waals surface area contributed by atoms with E-state index >= 15 is 0 Å². The van der Waals surface area contributed by atoms with Crippen LogP contribution in [0.25, 0.3) is 0 Å². The summed E-state index contributed by atoms with van der Waals surface area (Å²) in [6.45, 7) is 5.81. The Labute approximate surface area is 73.9 Å². The maximum Gasteiger partial charge on any atom is 0.247 e. The molecule has 0 radical (unpaired) electrons. The van der Waals surface area contributed by atoms with Gasteiger partial charge in [0.15, 0.2) is 6.21 Å². The summed E-state index contributed by atoms with van der Waals surface area (Å²) in [6.07, 6.45) is 3.05. The van der Waals surface area contributed by atoms with Gasteiger partial charge in [-0.15, -0.1) is 0 Å². The minimum absolute atomic E-state index is 0.204. The monoisotopic (exact) mass is 168 g/mol. The summed E-state index contributed by atoms with van der Waals surface area (Å²) in [5.41, 5.74) is 0. The topological polar surface area (TPSA) is 49.9 Å². The van der Waals surface area contributed by atoms with E-state index in [1.54, 1.807) is 6.21 Å². The molecule has 0 bridgehead atoms. The predicted molar refractivity (Wildman–Crippen MR) is 48.8 cm³/mol. The number of nitriles is 1. The molecule has 0 N–H and O–H groups in total. The predicted octanol–water partition coefficient (Wildman–Crippen LogP) is 1.92. The highest BCUT2D eigenvalue weighted by atomic mass is 16.5. The summed E-state index contributed by atoms with van der Waals surface area (Å²) < 4.78 is 0.772. The number of rotatable bonds is 4. The number of nitrogens with zero attached hydrogens (tertiary/aromatic N) is 2. The van der Waals surface area contributed by atoms with E-state index in [0.29, 0.717) is 6.42 Å². The molecule has 0 aliphatic carbocycles. The second kappa shape index (κ2) is 5.59. The van der Waals surface area contributed by atoms with Crippen molar-refractivity contribution in [1.29, 1.82) is 5.26 Å². The fourth-order valence-corrected chi connectivity index (χ4v) is 0.920. The molecule has 0 amide bonds. The first-order valence-corrected chi connectivity index (χ1v) is 4.31. The third-order valence-electron chi connectivity index (χ3n) is 1.46. The Kier molecular flexibility index (Phi) is 5.11. The van der Waals surface area contributed by atoms with Crippen molar-refractivity contribution in [3.05, 3.63) is 5.21 Å². The van der Waals surface area contributed by atoms with Crippen LogP contribution in [0.1, 0.15) is 33.6 Å². The SMILES string of the molecule is CCCC(C#N)/[N+]([O-])=C/C(C)C. The Morgan fingerprint density at radius 3 is 2.50 bits per heavy atom. The van der Waals surface area contributed by atoms with Gasteiger partial charge in [-0.3, -0.25) is 0 Å². The lowest BCUT2D eigenvalue weighted by atomic mass is 10.2. The van der Waals surface area contributed by atoms with Crippen LogP contribution in [0.15, 0.2) is 0 Å². The van der Waals surface area contributed by atoms with Crippen LogP contribution in [0.2, 0.25) is 0 Å². The lowest BCUT2D eigenvalue weighted by Gasteiger charge is -2.09. The molecule has 0 aliphatic rings.